The van der Waals surface area contributed by atoms with E-state index in [1.54, 1.807) is 13.0 Å². The van der Waals surface area contributed by atoms with Crippen molar-refractivity contribution in [3.05, 3.63) is 35.1 Å². The molecule has 0 radical (unpaired) electrons. The Bertz CT molecular complexity index is 441. The van der Waals surface area contributed by atoms with E-state index in [4.69, 9.17) is 11.6 Å². The third-order valence-corrected chi connectivity index (χ3v) is 2.02. The first-order valence-corrected chi connectivity index (χ1v) is 4.44. The summed E-state index contributed by atoms with van der Waals surface area (Å²) in [6, 6.07) is 7.32. The number of hydrogen-bond donors (Lipinski definition) is 0. The Morgan fingerprint density at radius 2 is 1.64 bits per heavy atom. The molecule has 5 heteroatoms. The lowest BCUT2D eigenvalue weighted by Gasteiger charge is -1.99. The molecule has 0 aliphatic carbocycles. The van der Waals surface area contributed by atoms with Crippen LogP contribution >= 0.6 is 11.6 Å². The molecule has 1 aromatic carbocycles. The largest absolute Gasteiger partial charge is 0.205 e. The van der Waals surface area contributed by atoms with E-state index in [1.165, 1.54) is 0 Å². The Labute approximate surface area is 86.0 Å². The van der Waals surface area contributed by atoms with Crippen LogP contribution in [0.2, 0.25) is 5.02 Å². The van der Waals surface area contributed by atoms with Gasteiger partial charge in [-0.25, -0.2) is 0 Å². The van der Waals surface area contributed by atoms with Gasteiger partial charge in [0.1, 0.15) is 0 Å². The van der Waals surface area contributed by atoms with Gasteiger partial charge in [-0.05, 0) is 19.1 Å². The van der Waals surface area contributed by atoms with Crippen LogP contribution in [0, 0.1) is 6.92 Å². The van der Waals surface area contributed by atoms with Gasteiger partial charge in [0.25, 0.3) is 0 Å². The van der Waals surface area contributed by atoms with E-state index in [0.29, 0.717) is 16.7 Å². The highest BCUT2D eigenvalue weighted by molar-refractivity contribution is 6.33. The summed E-state index contributed by atoms with van der Waals surface area (Å²) in [6.07, 6.45) is 0. The summed E-state index contributed by atoms with van der Waals surface area (Å²) in [6.45, 7) is 1.73. The van der Waals surface area contributed by atoms with Crippen molar-refractivity contribution < 1.29 is 0 Å². The van der Waals surface area contributed by atoms with E-state index < -0.39 is 0 Å². The minimum Gasteiger partial charge on any atom is -0.131 e. The van der Waals surface area contributed by atoms with Crippen LogP contribution in [0.15, 0.2) is 24.3 Å². The summed E-state index contributed by atoms with van der Waals surface area (Å²) in [5.74, 6) is 0.988. The van der Waals surface area contributed by atoms with Crippen LogP contribution in [0.4, 0.5) is 0 Å². The van der Waals surface area contributed by atoms with E-state index in [0.717, 1.165) is 5.56 Å². The highest BCUT2D eigenvalue weighted by atomic mass is 35.5. The molecule has 0 fully saturated rings. The lowest BCUT2D eigenvalue weighted by Crippen LogP contribution is -1.98. The predicted octanol–water partition coefficient (Wildman–Crippen LogP) is 1.90. The van der Waals surface area contributed by atoms with Gasteiger partial charge in [0.05, 0.1) is 5.02 Å². The standard InChI is InChI=1S/C9H7ClN4/c1-6-11-13-9(14-12-6)7-4-2-3-5-8(7)10/h2-5H,1H3. The highest BCUT2D eigenvalue weighted by Crippen LogP contribution is 2.22. The normalized spacial score (nSPS) is 10.1. The Kier molecular flexibility index (Phi) is 2.37. The molecule has 1 aromatic heterocycles. The van der Waals surface area contributed by atoms with Crippen LogP contribution in [0.3, 0.4) is 0 Å². The molecule has 0 unspecified atom stereocenters. The maximum absolute atomic E-state index is 5.96. The number of hydrogen-bond acceptors (Lipinski definition) is 4. The number of benzene rings is 1. The van der Waals surface area contributed by atoms with Crippen molar-refractivity contribution in [1.82, 2.24) is 20.4 Å². The van der Waals surface area contributed by atoms with Crippen molar-refractivity contribution in [2.75, 3.05) is 0 Å². The number of aryl methyl sites for hydroxylation is 1. The summed E-state index contributed by atoms with van der Waals surface area (Å²) in [5.41, 5.74) is 0.745. The number of nitrogens with zero attached hydrogens (tertiary/aromatic N) is 4. The van der Waals surface area contributed by atoms with Crippen molar-refractivity contribution in [2.24, 2.45) is 0 Å². The Balaban J connectivity index is 2.50. The molecule has 70 valence electrons. The van der Waals surface area contributed by atoms with Crippen molar-refractivity contribution in [3.63, 3.8) is 0 Å². The van der Waals surface area contributed by atoms with Crippen LogP contribution in [-0.4, -0.2) is 20.4 Å². The fourth-order valence-corrected chi connectivity index (χ4v) is 1.25. The molecule has 0 saturated heterocycles. The third-order valence-electron chi connectivity index (χ3n) is 1.69. The molecule has 0 saturated carbocycles. The first-order valence-electron chi connectivity index (χ1n) is 4.06. The molecule has 1 heterocycles. The third kappa shape index (κ3) is 1.70. The minimum absolute atomic E-state index is 0.446. The van der Waals surface area contributed by atoms with Crippen LogP contribution < -0.4 is 0 Å². The van der Waals surface area contributed by atoms with E-state index >= 15 is 0 Å². The van der Waals surface area contributed by atoms with Crippen molar-refractivity contribution in [2.45, 2.75) is 6.92 Å². The molecule has 0 N–H and O–H groups in total. The van der Waals surface area contributed by atoms with Gasteiger partial charge in [-0.2, -0.15) is 0 Å². The van der Waals surface area contributed by atoms with E-state index in [1.807, 2.05) is 18.2 Å². The number of aromatic nitrogens is 4. The Morgan fingerprint density at radius 1 is 1.00 bits per heavy atom. The maximum Gasteiger partial charge on any atom is 0.205 e. The summed E-state index contributed by atoms with van der Waals surface area (Å²) < 4.78 is 0. The zero-order valence-electron chi connectivity index (χ0n) is 7.48. The molecule has 0 atom stereocenters. The van der Waals surface area contributed by atoms with E-state index in [9.17, 15) is 0 Å². The summed E-state index contributed by atoms with van der Waals surface area (Å²) in [4.78, 5) is 0. The minimum atomic E-state index is 0.446. The Hall–Kier alpha value is -1.55. The first kappa shape index (κ1) is 9.02. The summed E-state index contributed by atoms with van der Waals surface area (Å²) >= 11 is 5.96. The quantitative estimate of drug-likeness (QED) is 0.715. The molecular formula is C9H7ClN4. The van der Waals surface area contributed by atoms with Crippen LogP contribution in [0.5, 0.6) is 0 Å². The van der Waals surface area contributed by atoms with Crippen LogP contribution in [-0.2, 0) is 0 Å². The van der Waals surface area contributed by atoms with E-state index in [-0.39, 0.29) is 0 Å². The van der Waals surface area contributed by atoms with Crippen LogP contribution in [0.25, 0.3) is 11.4 Å². The van der Waals surface area contributed by atoms with Gasteiger partial charge in [-0.3, -0.25) is 0 Å². The smallest absolute Gasteiger partial charge is 0.131 e. The Morgan fingerprint density at radius 3 is 2.29 bits per heavy atom. The van der Waals surface area contributed by atoms with Crippen molar-refractivity contribution in [1.29, 1.82) is 0 Å². The molecule has 4 nitrogen and oxygen atoms in total. The first-order chi connectivity index (χ1) is 6.77. The molecule has 14 heavy (non-hydrogen) atoms. The monoisotopic (exact) mass is 206 g/mol. The summed E-state index contributed by atoms with van der Waals surface area (Å²) in [5, 5.41) is 16.0. The van der Waals surface area contributed by atoms with Gasteiger partial charge in [0, 0.05) is 5.56 Å². The van der Waals surface area contributed by atoms with Gasteiger partial charge in [-0.1, -0.05) is 23.7 Å². The second-order valence-corrected chi connectivity index (χ2v) is 3.16. The summed E-state index contributed by atoms with van der Waals surface area (Å²) in [7, 11) is 0. The molecule has 2 aromatic rings. The van der Waals surface area contributed by atoms with Gasteiger partial charge < -0.3 is 0 Å². The van der Waals surface area contributed by atoms with Gasteiger partial charge in [0.15, 0.2) is 5.82 Å². The highest BCUT2D eigenvalue weighted by Gasteiger charge is 2.05. The zero-order chi connectivity index (χ0) is 9.97. The molecule has 0 amide bonds. The molecule has 2 rings (SSSR count). The zero-order valence-corrected chi connectivity index (χ0v) is 8.23. The lowest BCUT2D eigenvalue weighted by molar-refractivity contribution is 0.816. The topological polar surface area (TPSA) is 51.6 Å². The number of halogens is 1. The average molecular weight is 207 g/mol. The van der Waals surface area contributed by atoms with Crippen molar-refractivity contribution in [3.8, 4) is 11.4 Å². The fraction of sp³-hybridized carbons (Fsp3) is 0.111. The fourth-order valence-electron chi connectivity index (χ4n) is 1.03. The number of rotatable bonds is 1. The van der Waals surface area contributed by atoms with Gasteiger partial charge in [0.2, 0.25) is 5.82 Å². The van der Waals surface area contributed by atoms with E-state index in [2.05, 4.69) is 20.4 Å². The van der Waals surface area contributed by atoms with Gasteiger partial charge >= 0.3 is 0 Å². The molecule has 0 aliphatic rings. The SMILES string of the molecule is Cc1nnc(-c2ccccc2Cl)nn1. The molecule has 0 bridgehead atoms. The van der Waals surface area contributed by atoms with Crippen molar-refractivity contribution >= 4 is 11.6 Å². The molecule has 0 aliphatic heterocycles. The maximum atomic E-state index is 5.96. The molecular weight excluding hydrogens is 200 g/mol. The van der Waals surface area contributed by atoms with Gasteiger partial charge in [-0.15, -0.1) is 20.4 Å². The van der Waals surface area contributed by atoms with Crippen LogP contribution in [0.1, 0.15) is 5.82 Å². The average Bonchev–Trinajstić information content (AvgIpc) is 2.20. The molecule has 0 spiro atoms. The second kappa shape index (κ2) is 3.67. The second-order valence-electron chi connectivity index (χ2n) is 2.75. The lowest BCUT2D eigenvalue weighted by atomic mass is 10.2. The predicted molar refractivity (Wildman–Crippen MR) is 52.8 cm³/mol.